The minimum Gasteiger partial charge on any atom is -0.393 e. The Balaban J connectivity index is 3.20. The zero-order valence-electron chi connectivity index (χ0n) is 7.00. The summed E-state index contributed by atoms with van der Waals surface area (Å²) in [5.74, 6) is 0. The molecule has 0 aromatic heterocycles. The van der Waals surface area contributed by atoms with E-state index in [1.807, 2.05) is 0 Å². The molecule has 0 aliphatic rings. The van der Waals surface area contributed by atoms with E-state index in [1.54, 1.807) is 6.92 Å². The summed E-state index contributed by atoms with van der Waals surface area (Å²) in [6.07, 6.45) is -4.26. The molecule has 2 unspecified atom stereocenters. The molecule has 0 bridgehead atoms. The molecule has 0 aromatic rings. The van der Waals surface area contributed by atoms with Crippen LogP contribution >= 0.6 is 0 Å². The van der Waals surface area contributed by atoms with E-state index in [9.17, 15) is 8.78 Å². The number of alkyl halides is 2. The van der Waals surface area contributed by atoms with Crippen molar-refractivity contribution in [2.45, 2.75) is 32.0 Å². The van der Waals surface area contributed by atoms with Gasteiger partial charge in [0.05, 0.1) is 6.10 Å². The van der Waals surface area contributed by atoms with Gasteiger partial charge >= 0.3 is 0 Å². The largest absolute Gasteiger partial charge is 0.393 e. The Morgan fingerprint density at radius 3 is 2.33 bits per heavy atom. The fraction of sp³-hybridized carbons (Fsp3) is 1.00. The normalized spacial score (nSPS) is 16.5. The highest BCUT2D eigenvalue weighted by Gasteiger charge is 2.15. The minimum atomic E-state index is -2.70. The van der Waals surface area contributed by atoms with Crippen LogP contribution in [0.25, 0.3) is 0 Å². The van der Waals surface area contributed by atoms with Gasteiger partial charge in [-0.2, -0.15) is 0 Å². The predicted octanol–water partition coefficient (Wildman–Crippen LogP) is -0.0271. The van der Waals surface area contributed by atoms with Crippen molar-refractivity contribution in [1.29, 1.82) is 0 Å². The third-order valence-electron chi connectivity index (χ3n) is 1.38. The van der Waals surface area contributed by atoms with Crippen molar-refractivity contribution in [2.75, 3.05) is 13.1 Å². The number of hydrogen-bond donors (Lipinski definition) is 3. The molecule has 0 saturated heterocycles. The predicted molar refractivity (Wildman–Crippen MR) is 41.2 cm³/mol. The second-order valence-electron chi connectivity index (χ2n) is 2.74. The molecule has 0 rings (SSSR count). The van der Waals surface area contributed by atoms with Crippen LogP contribution in [0.4, 0.5) is 8.78 Å². The van der Waals surface area contributed by atoms with Crippen LogP contribution in [0.3, 0.4) is 0 Å². The van der Waals surface area contributed by atoms with E-state index in [0.29, 0.717) is 13.0 Å². The molecular weight excluding hydrogens is 168 g/mol. The highest BCUT2D eigenvalue weighted by molar-refractivity contribution is 4.61. The molecule has 0 spiro atoms. The van der Waals surface area contributed by atoms with Gasteiger partial charge in [-0.3, -0.25) is 0 Å². The molecule has 0 aliphatic carbocycles. The van der Waals surface area contributed by atoms with Gasteiger partial charge in [0, 0.05) is 6.54 Å². The maximum absolute atomic E-state index is 11.7. The summed E-state index contributed by atoms with van der Waals surface area (Å²) in [5.41, 5.74) is 0. The lowest BCUT2D eigenvalue weighted by Crippen LogP contribution is -2.33. The molecule has 74 valence electrons. The van der Waals surface area contributed by atoms with Gasteiger partial charge in [0.25, 0.3) is 6.43 Å². The monoisotopic (exact) mass is 183 g/mol. The first-order valence-electron chi connectivity index (χ1n) is 3.89. The van der Waals surface area contributed by atoms with Gasteiger partial charge in [0.15, 0.2) is 0 Å². The fourth-order valence-corrected chi connectivity index (χ4v) is 0.650. The van der Waals surface area contributed by atoms with Gasteiger partial charge in [0.2, 0.25) is 0 Å². The molecule has 0 amide bonds. The maximum Gasteiger partial charge on any atom is 0.265 e. The Morgan fingerprint density at radius 2 is 1.92 bits per heavy atom. The number of rotatable bonds is 6. The summed E-state index contributed by atoms with van der Waals surface area (Å²) in [7, 11) is 0. The van der Waals surface area contributed by atoms with Crippen molar-refractivity contribution >= 4 is 0 Å². The Hall–Kier alpha value is -0.260. The minimum absolute atomic E-state index is 0.135. The Bertz CT molecular complexity index is 112. The van der Waals surface area contributed by atoms with Crippen LogP contribution in [0.15, 0.2) is 0 Å². The summed E-state index contributed by atoms with van der Waals surface area (Å²) >= 11 is 0. The van der Waals surface area contributed by atoms with Crippen LogP contribution in [-0.2, 0) is 0 Å². The molecule has 3 N–H and O–H groups in total. The van der Waals surface area contributed by atoms with Crippen molar-refractivity contribution in [3.63, 3.8) is 0 Å². The van der Waals surface area contributed by atoms with E-state index >= 15 is 0 Å². The number of aliphatic hydroxyl groups is 2. The van der Waals surface area contributed by atoms with Crippen LogP contribution in [0.1, 0.15) is 13.3 Å². The van der Waals surface area contributed by atoms with Crippen LogP contribution in [0.2, 0.25) is 0 Å². The van der Waals surface area contributed by atoms with Crippen molar-refractivity contribution in [1.82, 2.24) is 5.32 Å². The van der Waals surface area contributed by atoms with Gasteiger partial charge in [-0.25, -0.2) is 8.78 Å². The average molecular weight is 183 g/mol. The third kappa shape index (κ3) is 6.45. The standard InChI is InChI=1S/C7H15F2NO2/c1-5(11)2-3-10-4-6(12)7(8)9/h5-7,10-12H,2-4H2,1H3. The first-order valence-corrected chi connectivity index (χ1v) is 3.89. The molecule has 0 aromatic carbocycles. The van der Waals surface area contributed by atoms with Gasteiger partial charge in [-0.15, -0.1) is 0 Å². The summed E-state index contributed by atoms with van der Waals surface area (Å²) in [5, 5.41) is 20.0. The van der Waals surface area contributed by atoms with Crippen molar-refractivity contribution < 1.29 is 19.0 Å². The van der Waals surface area contributed by atoms with Gasteiger partial charge in [-0.05, 0) is 19.9 Å². The van der Waals surface area contributed by atoms with Gasteiger partial charge < -0.3 is 15.5 Å². The van der Waals surface area contributed by atoms with Gasteiger partial charge in [-0.1, -0.05) is 0 Å². The van der Waals surface area contributed by atoms with E-state index in [1.165, 1.54) is 0 Å². The highest BCUT2D eigenvalue weighted by Crippen LogP contribution is 1.98. The zero-order chi connectivity index (χ0) is 9.56. The number of nitrogens with one attached hydrogen (secondary N) is 1. The molecule has 0 saturated carbocycles. The molecule has 0 aliphatic heterocycles. The molecule has 0 heterocycles. The fourth-order valence-electron chi connectivity index (χ4n) is 0.650. The van der Waals surface area contributed by atoms with Crippen LogP contribution in [-0.4, -0.2) is 41.9 Å². The smallest absolute Gasteiger partial charge is 0.265 e. The lowest BCUT2D eigenvalue weighted by Gasteiger charge is -2.10. The van der Waals surface area contributed by atoms with Crippen molar-refractivity contribution in [3.05, 3.63) is 0 Å². The number of hydrogen-bond acceptors (Lipinski definition) is 3. The third-order valence-corrected chi connectivity index (χ3v) is 1.38. The molecular formula is C7H15F2NO2. The molecule has 0 fully saturated rings. The number of halogens is 2. The topological polar surface area (TPSA) is 52.5 Å². The molecule has 5 heteroatoms. The molecule has 2 atom stereocenters. The number of aliphatic hydroxyl groups excluding tert-OH is 2. The van der Waals surface area contributed by atoms with Crippen LogP contribution in [0.5, 0.6) is 0 Å². The first-order chi connectivity index (χ1) is 5.54. The Labute approximate surface area is 70.4 Å². The highest BCUT2D eigenvalue weighted by atomic mass is 19.3. The molecule has 12 heavy (non-hydrogen) atoms. The Morgan fingerprint density at radius 1 is 1.33 bits per heavy atom. The van der Waals surface area contributed by atoms with E-state index in [-0.39, 0.29) is 6.54 Å². The first kappa shape index (κ1) is 11.7. The summed E-state index contributed by atoms with van der Waals surface area (Å²) < 4.78 is 23.3. The second kappa shape index (κ2) is 6.28. The summed E-state index contributed by atoms with van der Waals surface area (Å²) in [6.45, 7) is 1.91. The average Bonchev–Trinajstić information content (AvgIpc) is 1.97. The zero-order valence-corrected chi connectivity index (χ0v) is 7.00. The summed E-state index contributed by atoms with van der Waals surface area (Å²) in [6, 6.07) is 0. The SMILES string of the molecule is CC(O)CCNCC(O)C(F)F. The quantitative estimate of drug-likeness (QED) is 0.507. The lowest BCUT2D eigenvalue weighted by atomic mass is 10.3. The lowest BCUT2D eigenvalue weighted by molar-refractivity contribution is -0.00346. The summed E-state index contributed by atoms with van der Waals surface area (Å²) in [4.78, 5) is 0. The van der Waals surface area contributed by atoms with Crippen molar-refractivity contribution in [3.8, 4) is 0 Å². The molecule has 0 radical (unpaired) electrons. The van der Waals surface area contributed by atoms with Crippen molar-refractivity contribution in [2.24, 2.45) is 0 Å². The second-order valence-corrected chi connectivity index (χ2v) is 2.74. The van der Waals surface area contributed by atoms with E-state index in [4.69, 9.17) is 10.2 Å². The van der Waals surface area contributed by atoms with E-state index < -0.39 is 18.6 Å². The van der Waals surface area contributed by atoms with Gasteiger partial charge in [0.1, 0.15) is 6.10 Å². The Kier molecular flexibility index (Phi) is 6.14. The van der Waals surface area contributed by atoms with E-state index in [0.717, 1.165) is 0 Å². The van der Waals surface area contributed by atoms with E-state index in [2.05, 4.69) is 5.32 Å². The molecule has 3 nitrogen and oxygen atoms in total. The van der Waals surface area contributed by atoms with Crippen LogP contribution in [0, 0.1) is 0 Å². The van der Waals surface area contributed by atoms with Crippen LogP contribution < -0.4 is 5.32 Å². The maximum atomic E-state index is 11.7.